The molecule has 0 bridgehead atoms. The zero-order valence-corrected chi connectivity index (χ0v) is 11.8. The van der Waals surface area contributed by atoms with E-state index in [1.165, 1.54) is 25.7 Å². The molecule has 96 valence electrons. The lowest BCUT2D eigenvalue weighted by atomic mass is 9.95. The van der Waals surface area contributed by atoms with Gasteiger partial charge in [-0.2, -0.15) is 17.0 Å². The summed E-state index contributed by atoms with van der Waals surface area (Å²) in [6, 6.07) is 6.34. The van der Waals surface area contributed by atoms with Gasteiger partial charge in [0.25, 0.3) is 0 Å². The maximum Gasteiger partial charge on any atom is 0.127 e. The van der Waals surface area contributed by atoms with Gasteiger partial charge in [-0.1, -0.05) is 0 Å². The number of anilines is 1. The van der Waals surface area contributed by atoms with Crippen LogP contribution in [-0.2, 0) is 0 Å². The lowest BCUT2D eigenvalue weighted by Crippen LogP contribution is -2.27. The molecule has 0 atom stereocenters. The minimum atomic E-state index is 0.509. The van der Waals surface area contributed by atoms with Crippen LogP contribution in [-0.4, -0.2) is 22.5 Å². The maximum absolute atomic E-state index is 8.95. The second-order valence-electron chi connectivity index (χ2n) is 4.85. The van der Waals surface area contributed by atoms with E-state index in [0.717, 1.165) is 16.8 Å². The van der Waals surface area contributed by atoms with Crippen LogP contribution in [0.25, 0.3) is 0 Å². The second-order valence-corrected chi connectivity index (χ2v) is 5.99. The Hall–Kier alpha value is -1.21. The summed E-state index contributed by atoms with van der Waals surface area (Å²) < 4.78 is 0. The van der Waals surface area contributed by atoms with Crippen LogP contribution < -0.4 is 5.32 Å². The third kappa shape index (κ3) is 3.39. The molecule has 0 aliphatic heterocycles. The number of aromatic nitrogens is 1. The summed E-state index contributed by atoms with van der Waals surface area (Å²) in [6.07, 6.45) is 7.14. The molecule has 2 rings (SSSR count). The Balaban J connectivity index is 1.98. The van der Waals surface area contributed by atoms with Gasteiger partial charge in [0.1, 0.15) is 5.82 Å². The Morgan fingerprint density at radius 2 is 2.06 bits per heavy atom. The summed E-state index contributed by atoms with van der Waals surface area (Å²) in [4.78, 5) is 4.45. The summed E-state index contributed by atoms with van der Waals surface area (Å²) in [5, 5.41) is 13.2. The van der Waals surface area contributed by atoms with E-state index in [2.05, 4.69) is 22.6 Å². The van der Waals surface area contributed by atoms with E-state index >= 15 is 0 Å². The lowest BCUT2D eigenvalue weighted by molar-refractivity contribution is 0.472. The number of thioether (sulfide) groups is 1. The zero-order valence-electron chi connectivity index (χ0n) is 10.9. The number of nitrogens with one attached hydrogen (secondary N) is 1. The van der Waals surface area contributed by atoms with E-state index in [0.29, 0.717) is 11.6 Å². The molecular weight excluding hydrogens is 242 g/mol. The largest absolute Gasteiger partial charge is 0.367 e. The van der Waals surface area contributed by atoms with Gasteiger partial charge in [0.15, 0.2) is 0 Å². The fraction of sp³-hybridized carbons (Fsp3) is 0.571. The van der Waals surface area contributed by atoms with Crippen molar-refractivity contribution in [3.63, 3.8) is 0 Å². The van der Waals surface area contributed by atoms with Crippen molar-refractivity contribution in [2.75, 3.05) is 11.6 Å². The molecule has 1 N–H and O–H groups in total. The number of pyridine rings is 1. The molecule has 1 aliphatic rings. The first kappa shape index (κ1) is 13.2. The summed E-state index contributed by atoms with van der Waals surface area (Å²) in [6.45, 7) is 1.93. The number of aryl methyl sites for hydroxylation is 1. The predicted octanol–water partition coefficient (Wildman–Crippen LogP) is 3.35. The molecule has 3 nitrogen and oxygen atoms in total. The molecule has 0 radical (unpaired) electrons. The number of nitriles is 1. The Kier molecular flexibility index (Phi) is 4.48. The Labute approximate surface area is 113 Å². The molecule has 0 unspecified atom stereocenters. The van der Waals surface area contributed by atoms with Crippen molar-refractivity contribution in [1.82, 2.24) is 4.98 Å². The Bertz CT molecular complexity index is 445. The molecular formula is C14H19N3S. The minimum absolute atomic E-state index is 0.509. The fourth-order valence-electron chi connectivity index (χ4n) is 2.46. The molecule has 0 amide bonds. The number of nitrogens with zero attached hydrogens (tertiary/aromatic N) is 2. The smallest absolute Gasteiger partial charge is 0.127 e. The molecule has 1 aromatic heterocycles. The lowest BCUT2D eigenvalue weighted by Gasteiger charge is -2.28. The normalized spacial score (nSPS) is 23.4. The van der Waals surface area contributed by atoms with E-state index in [1.54, 1.807) is 0 Å². The summed E-state index contributed by atoms with van der Waals surface area (Å²) in [7, 11) is 0. The Morgan fingerprint density at radius 3 is 2.67 bits per heavy atom. The predicted molar refractivity (Wildman–Crippen MR) is 76.9 cm³/mol. The maximum atomic E-state index is 8.95. The first-order chi connectivity index (χ1) is 8.71. The van der Waals surface area contributed by atoms with Crippen molar-refractivity contribution in [2.45, 2.75) is 43.9 Å². The Morgan fingerprint density at radius 1 is 1.33 bits per heavy atom. The molecule has 1 aliphatic carbocycles. The molecule has 0 aromatic carbocycles. The highest BCUT2D eigenvalue weighted by atomic mass is 32.2. The van der Waals surface area contributed by atoms with Crippen LogP contribution >= 0.6 is 11.8 Å². The van der Waals surface area contributed by atoms with Crippen molar-refractivity contribution in [2.24, 2.45) is 0 Å². The van der Waals surface area contributed by atoms with Gasteiger partial charge in [-0.25, -0.2) is 4.98 Å². The van der Waals surface area contributed by atoms with Gasteiger partial charge in [0.05, 0.1) is 11.6 Å². The van der Waals surface area contributed by atoms with Crippen molar-refractivity contribution >= 4 is 17.6 Å². The van der Waals surface area contributed by atoms with Gasteiger partial charge in [-0.15, -0.1) is 0 Å². The van der Waals surface area contributed by atoms with Gasteiger partial charge in [-0.3, -0.25) is 0 Å². The molecule has 1 aromatic rings. The van der Waals surface area contributed by atoms with E-state index in [4.69, 9.17) is 5.26 Å². The first-order valence-electron chi connectivity index (χ1n) is 6.39. The summed E-state index contributed by atoms with van der Waals surface area (Å²) in [5.74, 6) is 0.846. The van der Waals surface area contributed by atoms with Crippen LogP contribution in [0.4, 0.5) is 5.82 Å². The SMILES string of the molecule is CSC1CCC(Nc2cc(C#N)cc(C)n2)CC1. The summed E-state index contributed by atoms with van der Waals surface area (Å²) >= 11 is 1.98. The van der Waals surface area contributed by atoms with Crippen LogP contribution in [0.15, 0.2) is 12.1 Å². The fourth-order valence-corrected chi connectivity index (χ4v) is 3.20. The van der Waals surface area contributed by atoms with E-state index in [9.17, 15) is 0 Å². The highest BCUT2D eigenvalue weighted by Gasteiger charge is 2.20. The standard InChI is InChI=1S/C14H19N3S/c1-10-7-11(9-15)8-14(16-10)17-12-3-5-13(18-2)6-4-12/h7-8,12-13H,3-6H2,1-2H3,(H,16,17). The van der Waals surface area contributed by atoms with Gasteiger partial charge in [-0.05, 0) is 51.0 Å². The van der Waals surface area contributed by atoms with E-state index < -0.39 is 0 Å². The van der Waals surface area contributed by atoms with Crippen LogP contribution in [0.1, 0.15) is 36.9 Å². The van der Waals surface area contributed by atoms with Crippen LogP contribution in [0.3, 0.4) is 0 Å². The van der Waals surface area contributed by atoms with Gasteiger partial charge >= 0.3 is 0 Å². The molecule has 1 saturated carbocycles. The topological polar surface area (TPSA) is 48.7 Å². The molecule has 18 heavy (non-hydrogen) atoms. The number of hydrogen-bond donors (Lipinski definition) is 1. The van der Waals surface area contributed by atoms with Gasteiger partial charge in [0.2, 0.25) is 0 Å². The van der Waals surface area contributed by atoms with E-state index in [1.807, 2.05) is 30.8 Å². The molecule has 4 heteroatoms. The molecule has 1 fully saturated rings. The second kappa shape index (κ2) is 6.10. The van der Waals surface area contributed by atoms with E-state index in [-0.39, 0.29) is 0 Å². The van der Waals surface area contributed by atoms with Gasteiger partial charge in [0, 0.05) is 17.0 Å². The average Bonchev–Trinajstić information content (AvgIpc) is 2.39. The monoisotopic (exact) mass is 261 g/mol. The highest BCUT2D eigenvalue weighted by Crippen LogP contribution is 2.28. The molecule has 0 spiro atoms. The molecule has 0 saturated heterocycles. The third-order valence-electron chi connectivity index (χ3n) is 3.44. The van der Waals surface area contributed by atoms with Crippen molar-refractivity contribution in [3.8, 4) is 6.07 Å². The third-order valence-corrected chi connectivity index (χ3v) is 4.58. The van der Waals surface area contributed by atoms with Crippen molar-refractivity contribution < 1.29 is 0 Å². The average molecular weight is 261 g/mol. The number of hydrogen-bond acceptors (Lipinski definition) is 4. The zero-order chi connectivity index (χ0) is 13.0. The highest BCUT2D eigenvalue weighted by molar-refractivity contribution is 7.99. The van der Waals surface area contributed by atoms with Crippen LogP contribution in [0.2, 0.25) is 0 Å². The van der Waals surface area contributed by atoms with Crippen molar-refractivity contribution in [3.05, 3.63) is 23.4 Å². The van der Waals surface area contributed by atoms with Crippen LogP contribution in [0.5, 0.6) is 0 Å². The first-order valence-corrected chi connectivity index (χ1v) is 7.68. The minimum Gasteiger partial charge on any atom is -0.367 e. The quantitative estimate of drug-likeness (QED) is 0.906. The molecule has 1 heterocycles. The van der Waals surface area contributed by atoms with Gasteiger partial charge < -0.3 is 5.32 Å². The van der Waals surface area contributed by atoms with Crippen LogP contribution in [0, 0.1) is 18.3 Å². The summed E-state index contributed by atoms with van der Waals surface area (Å²) in [5.41, 5.74) is 1.58. The van der Waals surface area contributed by atoms with Crippen molar-refractivity contribution in [1.29, 1.82) is 5.26 Å². The number of rotatable bonds is 3.